The van der Waals surface area contributed by atoms with Gasteiger partial charge in [0, 0.05) is 6.42 Å². The van der Waals surface area contributed by atoms with E-state index in [0.717, 1.165) is 12.8 Å². The van der Waals surface area contributed by atoms with Gasteiger partial charge in [0.25, 0.3) is 0 Å². The lowest BCUT2D eigenvalue weighted by molar-refractivity contribution is -0.134. The van der Waals surface area contributed by atoms with E-state index in [0.29, 0.717) is 12.2 Å². The van der Waals surface area contributed by atoms with Gasteiger partial charge in [0.05, 0.1) is 0 Å². The molecule has 0 aliphatic carbocycles. The third kappa shape index (κ3) is 16.9. The van der Waals surface area contributed by atoms with Gasteiger partial charge >= 0.3 is 5.97 Å². The van der Waals surface area contributed by atoms with Crippen LogP contribution in [0.5, 0.6) is 5.75 Å². The molecule has 0 amide bonds. The van der Waals surface area contributed by atoms with E-state index < -0.39 is 0 Å². The smallest absolute Gasteiger partial charge is 0.311 e. The van der Waals surface area contributed by atoms with Gasteiger partial charge in [0.15, 0.2) is 0 Å². The van der Waals surface area contributed by atoms with Crippen LogP contribution in [0, 0.1) is 6.92 Å². The molecule has 35 heavy (non-hydrogen) atoms. The second-order valence-corrected chi connectivity index (χ2v) is 11.8. The van der Waals surface area contributed by atoms with E-state index in [1.54, 1.807) is 0 Å². The number of hydrogen-bond acceptors (Lipinski definition) is 2. The Hall–Kier alpha value is -1.31. The van der Waals surface area contributed by atoms with Gasteiger partial charge < -0.3 is 4.74 Å². The minimum absolute atomic E-state index is 0.0973. The largest absolute Gasteiger partial charge is 0.427 e. The number of esters is 1. The fourth-order valence-electron chi connectivity index (χ4n) is 5.07. The van der Waals surface area contributed by atoms with Crippen molar-refractivity contribution in [3.05, 3.63) is 29.3 Å². The zero-order valence-corrected chi connectivity index (χ0v) is 24.2. The number of rotatable bonds is 21. The Balaban J connectivity index is 1.88. The summed E-state index contributed by atoms with van der Waals surface area (Å²) >= 11 is 0. The highest BCUT2D eigenvalue weighted by Crippen LogP contribution is 2.28. The summed E-state index contributed by atoms with van der Waals surface area (Å²) in [7, 11) is 0. The van der Waals surface area contributed by atoms with Crippen LogP contribution in [-0.4, -0.2) is 5.97 Å². The molecule has 0 aliphatic rings. The lowest BCUT2D eigenvalue weighted by atomic mass is 9.84. The van der Waals surface area contributed by atoms with E-state index >= 15 is 0 Å². The summed E-state index contributed by atoms with van der Waals surface area (Å²) in [6.07, 6.45) is 26.5. The number of ether oxygens (including phenoxy) is 1. The summed E-state index contributed by atoms with van der Waals surface area (Å²) < 4.78 is 5.56. The molecule has 0 aromatic heterocycles. The first kappa shape index (κ1) is 31.7. The average Bonchev–Trinajstić information content (AvgIpc) is 2.79. The van der Waals surface area contributed by atoms with Crippen molar-refractivity contribution in [1.29, 1.82) is 0 Å². The molecule has 0 radical (unpaired) electrons. The van der Waals surface area contributed by atoms with E-state index in [-0.39, 0.29) is 11.4 Å². The van der Waals surface area contributed by atoms with Crippen molar-refractivity contribution >= 4 is 5.97 Å². The fraction of sp³-hybridized carbons (Fsp3) is 0.788. The van der Waals surface area contributed by atoms with Crippen molar-refractivity contribution in [2.75, 3.05) is 0 Å². The van der Waals surface area contributed by atoms with Crippen molar-refractivity contribution in [2.45, 2.75) is 168 Å². The highest BCUT2D eigenvalue weighted by molar-refractivity contribution is 5.72. The van der Waals surface area contributed by atoms with Crippen LogP contribution in [-0.2, 0) is 10.2 Å². The molecule has 0 saturated carbocycles. The summed E-state index contributed by atoms with van der Waals surface area (Å²) in [5.74, 6) is 0.582. The molecule has 2 nitrogen and oxygen atoms in total. The van der Waals surface area contributed by atoms with Gasteiger partial charge in [0.1, 0.15) is 5.75 Å². The number of carbonyl (C=O) groups excluding carboxylic acids is 1. The molecule has 0 saturated heterocycles. The summed E-state index contributed by atoms with van der Waals surface area (Å²) in [6, 6.07) is 6.02. The first-order valence-corrected chi connectivity index (χ1v) is 15.2. The van der Waals surface area contributed by atoms with E-state index in [2.05, 4.69) is 40.7 Å². The Morgan fingerprint density at radius 3 is 1.43 bits per heavy atom. The molecule has 1 aromatic carbocycles. The summed E-state index contributed by atoms with van der Waals surface area (Å²) in [5, 5.41) is 0. The van der Waals surface area contributed by atoms with E-state index in [4.69, 9.17) is 4.74 Å². The Morgan fingerprint density at radius 1 is 0.657 bits per heavy atom. The van der Waals surface area contributed by atoms with Gasteiger partial charge in [0.2, 0.25) is 0 Å². The second-order valence-electron chi connectivity index (χ2n) is 11.8. The molecule has 1 rings (SSSR count). The monoisotopic (exact) mass is 486 g/mol. The molecule has 0 fully saturated rings. The van der Waals surface area contributed by atoms with Gasteiger partial charge in [-0.05, 0) is 42.0 Å². The van der Waals surface area contributed by atoms with Crippen LogP contribution in [0.25, 0.3) is 0 Å². The first-order chi connectivity index (χ1) is 16.8. The summed E-state index contributed by atoms with van der Waals surface area (Å²) in [6.45, 7) is 11.0. The van der Waals surface area contributed by atoms with Gasteiger partial charge in [-0.3, -0.25) is 4.79 Å². The molecule has 0 aliphatic heterocycles. The zero-order chi connectivity index (χ0) is 25.8. The lowest BCUT2D eigenvalue weighted by Crippen LogP contribution is -2.13. The van der Waals surface area contributed by atoms with Crippen LogP contribution in [0.2, 0.25) is 0 Å². The molecule has 0 N–H and O–H groups in total. The standard InChI is InChI=1S/C33H58O2/c1-6-7-8-9-10-11-12-13-14-15-16-17-18-19-20-21-22-23-24-25-32(34)35-30-26-27-31(29(2)28-30)33(3,4)5/h26-28H,6-25H2,1-5H3. The van der Waals surface area contributed by atoms with Gasteiger partial charge in [-0.2, -0.15) is 0 Å². The van der Waals surface area contributed by atoms with E-state index in [1.165, 1.54) is 120 Å². The van der Waals surface area contributed by atoms with Gasteiger partial charge in [-0.1, -0.05) is 149 Å². The summed E-state index contributed by atoms with van der Waals surface area (Å²) in [5.41, 5.74) is 2.60. The van der Waals surface area contributed by atoms with Crippen LogP contribution < -0.4 is 4.74 Å². The first-order valence-electron chi connectivity index (χ1n) is 15.2. The maximum Gasteiger partial charge on any atom is 0.311 e. The molecule has 1 aromatic rings. The predicted molar refractivity (Wildman–Crippen MR) is 154 cm³/mol. The van der Waals surface area contributed by atoms with Crippen molar-refractivity contribution in [1.82, 2.24) is 0 Å². The third-order valence-corrected chi connectivity index (χ3v) is 7.22. The maximum atomic E-state index is 12.2. The normalized spacial score (nSPS) is 11.7. The molecule has 2 heteroatoms. The van der Waals surface area contributed by atoms with Gasteiger partial charge in [-0.15, -0.1) is 0 Å². The molecule has 0 unspecified atom stereocenters. The van der Waals surface area contributed by atoms with E-state index in [1.807, 2.05) is 12.1 Å². The Kier molecular flexibility index (Phi) is 18.0. The molecular weight excluding hydrogens is 428 g/mol. The fourth-order valence-corrected chi connectivity index (χ4v) is 5.07. The van der Waals surface area contributed by atoms with Crippen molar-refractivity contribution in [2.24, 2.45) is 0 Å². The highest BCUT2D eigenvalue weighted by atomic mass is 16.5. The quantitative estimate of drug-likeness (QED) is 0.0980. The molecular formula is C33H58O2. The van der Waals surface area contributed by atoms with E-state index in [9.17, 15) is 4.79 Å². The SMILES string of the molecule is CCCCCCCCCCCCCCCCCCCCCC(=O)Oc1ccc(C(C)(C)C)c(C)c1. The van der Waals surface area contributed by atoms with Gasteiger partial charge in [-0.25, -0.2) is 0 Å². The molecule has 0 atom stereocenters. The second kappa shape index (κ2) is 19.8. The van der Waals surface area contributed by atoms with Crippen LogP contribution in [0.15, 0.2) is 18.2 Å². The minimum atomic E-state index is -0.0973. The molecule has 0 spiro atoms. The number of aryl methyl sites for hydroxylation is 1. The highest BCUT2D eigenvalue weighted by Gasteiger charge is 2.17. The van der Waals surface area contributed by atoms with Crippen LogP contribution >= 0.6 is 0 Å². The maximum absolute atomic E-state index is 12.2. The van der Waals surface area contributed by atoms with Crippen molar-refractivity contribution in [3.63, 3.8) is 0 Å². The van der Waals surface area contributed by atoms with Crippen LogP contribution in [0.3, 0.4) is 0 Å². The zero-order valence-electron chi connectivity index (χ0n) is 24.2. The molecule has 202 valence electrons. The molecule has 0 heterocycles. The summed E-state index contributed by atoms with van der Waals surface area (Å²) in [4.78, 5) is 12.2. The number of unbranched alkanes of at least 4 members (excludes halogenated alkanes) is 18. The van der Waals surface area contributed by atoms with Crippen molar-refractivity contribution in [3.8, 4) is 5.75 Å². The number of hydrogen-bond donors (Lipinski definition) is 0. The minimum Gasteiger partial charge on any atom is -0.427 e. The Bertz CT molecular complexity index is 656. The number of benzene rings is 1. The predicted octanol–water partition coefficient (Wildman–Crippen LogP) is 11.0. The lowest BCUT2D eigenvalue weighted by Gasteiger charge is -2.22. The Morgan fingerprint density at radius 2 is 1.06 bits per heavy atom. The van der Waals surface area contributed by atoms with Crippen LogP contribution in [0.4, 0.5) is 0 Å². The molecule has 0 bridgehead atoms. The van der Waals surface area contributed by atoms with Crippen LogP contribution in [0.1, 0.15) is 167 Å². The third-order valence-electron chi connectivity index (χ3n) is 7.22. The topological polar surface area (TPSA) is 26.3 Å². The van der Waals surface area contributed by atoms with Crippen molar-refractivity contribution < 1.29 is 9.53 Å². The Labute approximate surface area is 219 Å². The average molecular weight is 487 g/mol. The number of carbonyl (C=O) groups is 1.